The summed E-state index contributed by atoms with van der Waals surface area (Å²) in [5.41, 5.74) is 4.04. The highest BCUT2D eigenvalue weighted by atomic mass is 16.3. The number of carbonyl (C=O) groups is 1. The number of nitrogens with zero attached hydrogens (tertiary/aromatic N) is 2. The third-order valence-corrected chi connectivity index (χ3v) is 5.49. The normalized spacial score (nSPS) is 15.7. The minimum Gasteiger partial charge on any atom is -0.395 e. The Labute approximate surface area is 162 Å². The molecule has 1 heterocycles. The molecule has 1 aliphatic rings. The van der Waals surface area contributed by atoms with Crippen molar-refractivity contribution in [3.8, 4) is 11.1 Å². The quantitative estimate of drug-likeness (QED) is 0.852. The maximum Gasteiger partial charge on any atom is 0.254 e. The van der Waals surface area contributed by atoms with Crippen LogP contribution in [-0.2, 0) is 0 Å². The van der Waals surface area contributed by atoms with Crippen LogP contribution < -0.4 is 0 Å². The SMILES string of the molecule is Cc1cccc(-c2ccccc2C(=O)N(C)CC2CCN(CCO)CC2)c1. The molecule has 0 aromatic heterocycles. The average Bonchev–Trinajstić information content (AvgIpc) is 2.69. The van der Waals surface area contributed by atoms with Crippen molar-refractivity contribution in [3.05, 3.63) is 59.7 Å². The molecule has 1 fully saturated rings. The molecule has 1 N–H and O–H groups in total. The zero-order valence-corrected chi connectivity index (χ0v) is 16.4. The minimum atomic E-state index is 0.0879. The lowest BCUT2D eigenvalue weighted by atomic mass is 9.95. The van der Waals surface area contributed by atoms with E-state index in [4.69, 9.17) is 5.11 Å². The topological polar surface area (TPSA) is 43.8 Å². The third-order valence-electron chi connectivity index (χ3n) is 5.49. The van der Waals surface area contributed by atoms with Crippen molar-refractivity contribution in [2.45, 2.75) is 19.8 Å². The molecule has 27 heavy (non-hydrogen) atoms. The summed E-state index contributed by atoms with van der Waals surface area (Å²) in [6.45, 7) is 5.85. The van der Waals surface area contributed by atoms with Gasteiger partial charge in [-0.1, -0.05) is 48.0 Å². The molecule has 2 aromatic rings. The number of aliphatic hydroxyl groups is 1. The summed E-state index contributed by atoms with van der Waals surface area (Å²) in [6.07, 6.45) is 2.16. The molecule has 0 bridgehead atoms. The van der Waals surface area contributed by atoms with Crippen LogP contribution in [0.5, 0.6) is 0 Å². The van der Waals surface area contributed by atoms with Crippen LogP contribution in [0, 0.1) is 12.8 Å². The zero-order chi connectivity index (χ0) is 19.2. The number of hydrogen-bond donors (Lipinski definition) is 1. The number of piperidine rings is 1. The highest BCUT2D eigenvalue weighted by Crippen LogP contribution is 2.26. The maximum atomic E-state index is 13.1. The Morgan fingerprint density at radius 1 is 1.15 bits per heavy atom. The van der Waals surface area contributed by atoms with Crippen molar-refractivity contribution in [2.75, 3.05) is 39.8 Å². The van der Waals surface area contributed by atoms with Crippen LogP contribution in [0.3, 0.4) is 0 Å². The summed E-state index contributed by atoms with van der Waals surface area (Å²) in [5.74, 6) is 0.616. The molecule has 0 saturated carbocycles. The van der Waals surface area contributed by atoms with E-state index < -0.39 is 0 Å². The number of β-amino-alcohol motifs (C(OH)–C–C–N with tert-alkyl or cyclic N) is 1. The van der Waals surface area contributed by atoms with Gasteiger partial charge in [0.2, 0.25) is 0 Å². The molecule has 4 nitrogen and oxygen atoms in total. The molecule has 0 atom stereocenters. The first kappa shape index (κ1) is 19.6. The van der Waals surface area contributed by atoms with Crippen LogP contribution in [0.15, 0.2) is 48.5 Å². The number of rotatable bonds is 6. The van der Waals surface area contributed by atoms with Crippen molar-refractivity contribution in [2.24, 2.45) is 5.92 Å². The summed E-state index contributed by atoms with van der Waals surface area (Å²) in [4.78, 5) is 17.3. The first-order valence-electron chi connectivity index (χ1n) is 9.83. The van der Waals surface area contributed by atoms with Crippen LogP contribution in [0.4, 0.5) is 0 Å². The van der Waals surface area contributed by atoms with Gasteiger partial charge in [-0.05, 0) is 56.0 Å². The highest BCUT2D eigenvalue weighted by Gasteiger charge is 2.23. The van der Waals surface area contributed by atoms with Gasteiger partial charge in [-0.25, -0.2) is 0 Å². The Morgan fingerprint density at radius 2 is 1.89 bits per heavy atom. The molecule has 0 aliphatic carbocycles. The molecule has 144 valence electrons. The van der Waals surface area contributed by atoms with Gasteiger partial charge in [0.15, 0.2) is 0 Å². The number of aliphatic hydroxyl groups excluding tert-OH is 1. The van der Waals surface area contributed by atoms with Crippen LogP contribution in [0.2, 0.25) is 0 Å². The lowest BCUT2D eigenvalue weighted by Gasteiger charge is -2.33. The summed E-state index contributed by atoms with van der Waals surface area (Å²) in [5, 5.41) is 9.07. The van der Waals surface area contributed by atoms with Gasteiger partial charge in [-0.3, -0.25) is 4.79 Å². The zero-order valence-electron chi connectivity index (χ0n) is 16.4. The molecule has 3 rings (SSSR count). The number of aryl methyl sites for hydroxylation is 1. The molecule has 1 aliphatic heterocycles. The van der Waals surface area contributed by atoms with E-state index in [2.05, 4.69) is 30.0 Å². The molecule has 0 radical (unpaired) electrons. The number of amides is 1. The fourth-order valence-electron chi connectivity index (χ4n) is 3.94. The second-order valence-electron chi connectivity index (χ2n) is 7.61. The molecule has 2 aromatic carbocycles. The van der Waals surface area contributed by atoms with Gasteiger partial charge in [0.05, 0.1) is 6.61 Å². The van der Waals surface area contributed by atoms with Gasteiger partial charge >= 0.3 is 0 Å². The summed E-state index contributed by atoms with van der Waals surface area (Å²) in [7, 11) is 1.91. The Bertz CT molecular complexity index is 766. The Morgan fingerprint density at radius 3 is 2.59 bits per heavy atom. The average molecular weight is 367 g/mol. The molecule has 1 saturated heterocycles. The van der Waals surface area contributed by atoms with E-state index in [0.717, 1.165) is 55.7 Å². The van der Waals surface area contributed by atoms with Crippen LogP contribution in [0.25, 0.3) is 11.1 Å². The maximum absolute atomic E-state index is 13.1. The molecule has 1 amide bonds. The Hall–Kier alpha value is -2.17. The van der Waals surface area contributed by atoms with Crippen LogP contribution in [-0.4, -0.2) is 60.6 Å². The van der Waals surface area contributed by atoms with Crippen molar-refractivity contribution in [3.63, 3.8) is 0 Å². The first-order chi connectivity index (χ1) is 13.1. The lowest BCUT2D eigenvalue weighted by molar-refractivity contribution is 0.0733. The fraction of sp³-hybridized carbons (Fsp3) is 0.435. The summed E-state index contributed by atoms with van der Waals surface area (Å²) >= 11 is 0. The van der Waals surface area contributed by atoms with Gasteiger partial charge < -0.3 is 14.9 Å². The standard InChI is InChI=1S/C23H30N2O2/c1-18-6-5-7-20(16-18)21-8-3-4-9-22(21)23(27)24(2)17-19-10-12-25(13-11-19)14-15-26/h3-9,16,19,26H,10-15,17H2,1-2H3. The Kier molecular flexibility index (Phi) is 6.64. The number of likely N-dealkylation sites (tertiary alicyclic amines) is 1. The molecular formula is C23H30N2O2. The first-order valence-corrected chi connectivity index (χ1v) is 9.83. The predicted octanol–water partition coefficient (Wildman–Crippen LogP) is 3.44. The minimum absolute atomic E-state index is 0.0879. The van der Waals surface area contributed by atoms with Crippen LogP contribution >= 0.6 is 0 Å². The van der Waals surface area contributed by atoms with E-state index in [1.54, 1.807) is 0 Å². The number of carbonyl (C=O) groups excluding carboxylic acids is 1. The largest absolute Gasteiger partial charge is 0.395 e. The molecule has 0 unspecified atom stereocenters. The fourth-order valence-corrected chi connectivity index (χ4v) is 3.94. The van der Waals surface area contributed by atoms with E-state index >= 15 is 0 Å². The van der Waals surface area contributed by atoms with Gasteiger partial charge in [-0.15, -0.1) is 0 Å². The number of hydrogen-bond acceptors (Lipinski definition) is 3. The van der Waals surface area contributed by atoms with E-state index in [1.165, 1.54) is 5.56 Å². The smallest absolute Gasteiger partial charge is 0.254 e. The number of benzene rings is 2. The van der Waals surface area contributed by atoms with Gasteiger partial charge in [-0.2, -0.15) is 0 Å². The second-order valence-corrected chi connectivity index (χ2v) is 7.61. The van der Waals surface area contributed by atoms with E-state index in [0.29, 0.717) is 5.92 Å². The molecular weight excluding hydrogens is 336 g/mol. The Balaban J connectivity index is 1.69. The van der Waals surface area contributed by atoms with Crippen molar-refractivity contribution in [1.82, 2.24) is 9.80 Å². The summed E-state index contributed by atoms with van der Waals surface area (Å²) in [6, 6.07) is 16.2. The van der Waals surface area contributed by atoms with Crippen molar-refractivity contribution < 1.29 is 9.90 Å². The van der Waals surface area contributed by atoms with E-state index in [1.807, 2.05) is 42.3 Å². The van der Waals surface area contributed by atoms with Crippen molar-refractivity contribution in [1.29, 1.82) is 0 Å². The van der Waals surface area contributed by atoms with Gasteiger partial charge in [0.1, 0.15) is 0 Å². The molecule has 4 heteroatoms. The monoisotopic (exact) mass is 366 g/mol. The van der Waals surface area contributed by atoms with Crippen molar-refractivity contribution >= 4 is 5.91 Å². The predicted molar refractivity (Wildman–Crippen MR) is 110 cm³/mol. The second kappa shape index (κ2) is 9.16. The van der Waals surface area contributed by atoms with E-state index in [-0.39, 0.29) is 12.5 Å². The van der Waals surface area contributed by atoms with Gasteiger partial charge in [0, 0.05) is 25.7 Å². The van der Waals surface area contributed by atoms with Gasteiger partial charge in [0.25, 0.3) is 5.91 Å². The van der Waals surface area contributed by atoms with Crippen LogP contribution in [0.1, 0.15) is 28.8 Å². The lowest BCUT2D eigenvalue weighted by Crippen LogP contribution is -2.40. The molecule has 0 spiro atoms. The third kappa shape index (κ3) is 4.96. The van der Waals surface area contributed by atoms with E-state index in [9.17, 15) is 4.79 Å². The summed E-state index contributed by atoms with van der Waals surface area (Å²) < 4.78 is 0. The highest BCUT2D eigenvalue weighted by molar-refractivity contribution is 6.00.